The first-order valence-corrected chi connectivity index (χ1v) is 14.0. The molecule has 0 saturated heterocycles. The molecule has 0 spiro atoms. The molecule has 1 aromatic heterocycles. The fourth-order valence-electron chi connectivity index (χ4n) is 4.63. The first kappa shape index (κ1) is 28.9. The second-order valence-corrected chi connectivity index (χ2v) is 10.4. The minimum absolute atomic E-state index is 0.00393. The van der Waals surface area contributed by atoms with Crippen LogP contribution >= 0.6 is 22.9 Å². The predicted molar refractivity (Wildman–Crippen MR) is 160 cm³/mol. The summed E-state index contributed by atoms with van der Waals surface area (Å²) in [6.45, 7) is 1.82. The first-order chi connectivity index (χ1) is 20.4. The number of aromatic nitrogens is 1. The molecule has 0 fully saturated rings. The van der Waals surface area contributed by atoms with Gasteiger partial charge in [0.1, 0.15) is 12.4 Å². The van der Waals surface area contributed by atoms with Gasteiger partial charge in [0.05, 0.1) is 40.6 Å². The van der Waals surface area contributed by atoms with Crippen molar-refractivity contribution >= 4 is 40.7 Å². The lowest BCUT2D eigenvalue weighted by Gasteiger charge is -2.25. The average Bonchev–Trinajstić information content (AvgIpc) is 3.30. The van der Waals surface area contributed by atoms with Crippen LogP contribution in [0.4, 0.5) is 4.39 Å². The Bertz CT molecular complexity index is 1910. The minimum Gasteiger partial charge on any atom is -0.493 e. The summed E-state index contributed by atoms with van der Waals surface area (Å²) in [4.78, 5) is 32.6. The number of terminal acetylenes is 1. The molecular weight excluding hydrogens is 579 g/mol. The van der Waals surface area contributed by atoms with Crippen molar-refractivity contribution in [3.8, 4) is 23.8 Å². The van der Waals surface area contributed by atoms with Gasteiger partial charge in [-0.3, -0.25) is 9.36 Å². The van der Waals surface area contributed by atoms with Crippen LogP contribution in [0.15, 0.2) is 82.1 Å². The number of hydrogen-bond acceptors (Lipinski definition) is 7. The zero-order valence-electron chi connectivity index (χ0n) is 22.6. The second kappa shape index (κ2) is 12.5. The normalized spacial score (nSPS) is 14.5. The molecular formula is C32H24ClFN2O5S. The third kappa shape index (κ3) is 5.59. The number of thiazole rings is 1. The smallest absolute Gasteiger partial charge is 0.338 e. The lowest BCUT2D eigenvalue weighted by Crippen LogP contribution is -2.40. The molecule has 2 heterocycles. The molecule has 1 atom stereocenters. The Morgan fingerprint density at radius 2 is 1.93 bits per heavy atom. The van der Waals surface area contributed by atoms with E-state index < -0.39 is 23.4 Å². The van der Waals surface area contributed by atoms with Gasteiger partial charge >= 0.3 is 5.97 Å². The van der Waals surface area contributed by atoms with Crippen LogP contribution < -0.4 is 24.4 Å². The fourth-order valence-corrected chi connectivity index (χ4v) is 5.90. The van der Waals surface area contributed by atoms with Gasteiger partial charge in [-0.2, -0.15) is 0 Å². The predicted octanol–water partition coefficient (Wildman–Crippen LogP) is 4.75. The summed E-state index contributed by atoms with van der Waals surface area (Å²) in [5.41, 5.74) is 1.91. The Morgan fingerprint density at radius 1 is 1.19 bits per heavy atom. The van der Waals surface area contributed by atoms with Gasteiger partial charge in [0.15, 0.2) is 16.3 Å². The highest BCUT2D eigenvalue weighted by atomic mass is 35.5. The fraction of sp³-hybridized carbons (Fsp3) is 0.156. The van der Waals surface area contributed by atoms with Gasteiger partial charge in [-0.15, -0.1) is 6.42 Å². The molecule has 1 aliphatic heterocycles. The summed E-state index contributed by atoms with van der Waals surface area (Å²) in [7, 11) is 1.47. The van der Waals surface area contributed by atoms with E-state index >= 15 is 0 Å². The highest BCUT2D eigenvalue weighted by molar-refractivity contribution is 7.07. The number of carbonyl (C=O) groups is 1. The van der Waals surface area contributed by atoms with Crippen LogP contribution in [-0.2, 0) is 9.53 Å². The molecule has 0 saturated carbocycles. The van der Waals surface area contributed by atoms with Crippen LogP contribution in [0.3, 0.4) is 0 Å². The van der Waals surface area contributed by atoms with Gasteiger partial charge < -0.3 is 14.2 Å². The highest BCUT2D eigenvalue weighted by Crippen LogP contribution is 2.37. The van der Waals surface area contributed by atoms with Crippen LogP contribution in [0.25, 0.3) is 11.8 Å². The maximum absolute atomic E-state index is 14.0. The largest absolute Gasteiger partial charge is 0.493 e. The minimum atomic E-state index is -0.920. The summed E-state index contributed by atoms with van der Waals surface area (Å²) in [5.74, 6) is 1.95. The molecule has 1 aliphatic rings. The number of halogens is 2. The van der Waals surface area contributed by atoms with E-state index in [0.717, 1.165) is 11.3 Å². The quantitative estimate of drug-likeness (QED) is 0.215. The van der Waals surface area contributed by atoms with Crippen LogP contribution in [0, 0.1) is 18.2 Å². The molecule has 3 aromatic carbocycles. The molecule has 42 heavy (non-hydrogen) atoms. The number of esters is 1. The van der Waals surface area contributed by atoms with Crippen molar-refractivity contribution in [3.63, 3.8) is 0 Å². The third-order valence-corrected chi connectivity index (χ3v) is 7.67. The summed E-state index contributed by atoms with van der Waals surface area (Å²) >= 11 is 7.61. The lowest BCUT2D eigenvalue weighted by molar-refractivity contribution is -0.138. The number of benzene rings is 3. The monoisotopic (exact) mass is 602 g/mol. The Balaban J connectivity index is 1.77. The van der Waals surface area contributed by atoms with Crippen molar-refractivity contribution in [1.82, 2.24) is 4.57 Å². The number of hydrogen-bond donors (Lipinski definition) is 0. The molecule has 212 valence electrons. The Kier molecular flexibility index (Phi) is 8.57. The molecule has 0 aliphatic carbocycles. The van der Waals surface area contributed by atoms with Crippen molar-refractivity contribution in [2.24, 2.45) is 4.99 Å². The Labute approximate surface area is 249 Å². The molecule has 0 amide bonds. The standard InChI is InChI=1S/C32H24ClFN2O5S/c1-4-15-41-29-23(33)16-19(17-24(29)39-3)18-25-30(37)36-28(21-11-13-22(34)14-12-21)26(31(38)40-5-2)27(35-32(36)42-25)20-9-7-6-8-10-20/h1,6-14,16-18,28H,5,15H2,2-3H3/b25-18-/t28-/m0/s1. The van der Waals surface area contributed by atoms with E-state index in [1.54, 1.807) is 37.3 Å². The topological polar surface area (TPSA) is 79.1 Å². The zero-order chi connectivity index (χ0) is 29.8. The second-order valence-electron chi connectivity index (χ2n) is 9.01. The molecule has 10 heteroatoms. The van der Waals surface area contributed by atoms with E-state index in [4.69, 9.17) is 37.2 Å². The number of nitrogens with zero attached hydrogens (tertiary/aromatic N) is 2. The van der Waals surface area contributed by atoms with Crippen molar-refractivity contribution < 1.29 is 23.4 Å². The van der Waals surface area contributed by atoms with E-state index in [9.17, 15) is 14.0 Å². The van der Waals surface area contributed by atoms with E-state index in [-0.39, 0.29) is 23.8 Å². The van der Waals surface area contributed by atoms with Gasteiger partial charge in [-0.05, 0) is 48.4 Å². The first-order valence-electron chi connectivity index (χ1n) is 12.8. The van der Waals surface area contributed by atoms with Gasteiger partial charge in [-0.1, -0.05) is 71.3 Å². The zero-order valence-corrected chi connectivity index (χ0v) is 24.2. The van der Waals surface area contributed by atoms with E-state index in [0.29, 0.717) is 43.2 Å². The van der Waals surface area contributed by atoms with Crippen LogP contribution in [-0.4, -0.2) is 30.9 Å². The van der Waals surface area contributed by atoms with Gasteiger partial charge in [0, 0.05) is 5.56 Å². The van der Waals surface area contributed by atoms with Crippen molar-refractivity contribution in [2.45, 2.75) is 13.0 Å². The van der Waals surface area contributed by atoms with Crippen LogP contribution in [0.5, 0.6) is 11.5 Å². The molecule has 0 radical (unpaired) electrons. The number of ether oxygens (including phenoxy) is 3. The number of rotatable bonds is 8. The molecule has 0 unspecified atom stereocenters. The van der Waals surface area contributed by atoms with E-state index in [2.05, 4.69) is 5.92 Å². The van der Waals surface area contributed by atoms with Crippen molar-refractivity contribution in [3.05, 3.63) is 120 Å². The maximum Gasteiger partial charge on any atom is 0.338 e. The molecule has 7 nitrogen and oxygen atoms in total. The maximum atomic E-state index is 14.0. The van der Waals surface area contributed by atoms with Crippen molar-refractivity contribution in [2.75, 3.05) is 20.3 Å². The van der Waals surface area contributed by atoms with E-state index in [1.165, 1.54) is 23.8 Å². The van der Waals surface area contributed by atoms with E-state index in [1.807, 2.05) is 30.3 Å². The summed E-state index contributed by atoms with van der Waals surface area (Å²) in [6.07, 6.45) is 6.96. The third-order valence-electron chi connectivity index (χ3n) is 6.41. The van der Waals surface area contributed by atoms with Gasteiger partial charge in [-0.25, -0.2) is 14.2 Å². The molecule has 5 rings (SSSR count). The summed E-state index contributed by atoms with van der Waals surface area (Å²) < 4.78 is 32.1. The highest BCUT2D eigenvalue weighted by Gasteiger charge is 2.35. The average molecular weight is 603 g/mol. The summed E-state index contributed by atoms with van der Waals surface area (Å²) in [5, 5.41) is 0.253. The van der Waals surface area contributed by atoms with Crippen LogP contribution in [0.2, 0.25) is 5.02 Å². The van der Waals surface area contributed by atoms with Gasteiger partial charge in [0.2, 0.25) is 0 Å². The molecule has 4 aromatic rings. The molecule has 0 N–H and O–H groups in total. The van der Waals surface area contributed by atoms with Crippen molar-refractivity contribution in [1.29, 1.82) is 0 Å². The lowest BCUT2D eigenvalue weighted by atomic mass is 9.93. The Hall–Kier alpha value is -4.65. The number of fused-ring (bicyclic) bond motifs is 1. The summed E-state index contributed by atoms with van der Waals surface area (Å²) in [6, 6.07) is 17.2. The number of carbonyl (C=O) groups excluding carboxylic acids is 1. The SMILES string of the molecule is C#CCOc1c(Cl)cc(/C=c2\sc3n(c2=O)[C@@H](c2ccc(F)cc2)C(C(=O)OCC)=C(c2ccccc2)N=3)cc1OC. The van der Waals surface area contributed by atoms with Crippen LogP contribution in [0.1, 0.15) is 29.7 Å². The Morgan fingerprint density at radius 3 is 2.60 bits per heavy atom. The van der Waals surface area contributed by atoms with Gasteiger partial charge in [0.25, 0.3) is 5.56 Å². The number of methoxy groups -OCH3 is 1. The molecule has 0 bridgehead atoms.